The highest BCUT2D eigenvalue weighted by atomic mass is 35.5. The van der Waals surface area contributed by atoms with Gasteiger partial charge in [0.25, 0.3) is 0 Å². The second-order valence-corrected chi connectivity index (χ2v) is 5.83. The van der Waals surface area contributed by atoms with Crippen LogP contribution in [0.3, 0.4) is 0 Å². The predicted molar refractivity (Wildman–Crippen MR) is 89.4 cm³/mol. The molecule has 2 aromatic rings. The smallest absolute Gasteiger partial charge is 0.224 e. The van der Waals surface area contributed by atoms with E-state index in [1.54, 1.807) is 12.1 Å². The lowest BCUT2D eigenvalue weighted by Crippen LogP contribution is -2.37. The largest absolute Gasteiger partial charge is 0.491 e. The van der Waals surface area contributed by atoms with Crippen LogP contribution in [0.5, 0.6) is 5.75 Å². The van der Waals surface area contributed by atoms with Crippen LogP contribution in [-0.2, 0) is 11.2 Å². The lowest BCUT2D eigenvalue weighted by Gasteiger charge is -2.15. The molecule has 0 aromatic heterocycles. The molecule has 22 heavy (non-hydrogen) atoms. The number of ether oxygens (including phenoxy) is 1. The molecule has 0 aliphatic carbocycles. The molecule has 0 spiro atoms. The van der Waals surface area contributed by atoms with Crippen LogP contribution < -0.4 is 10.1 Å². The molecule has 0 aliphatic rings. The minimum Gasteiger partial charge on any atom is -0.491 e. The summed E-state index contributed by atoms with van der Waals surface area (Å²) >= 11 is 5.82. The van der Waals surface area contributed by atoms with Gasteiger partial charge in [-0.3, -0.25) is 4.79 Å². The summed E-state index contributed by atoms with van der Waals surface area (Å²) < 4.78 is 5.66. The summed E-state index contributed by atoms with van der Waals surface area (Å²) in [5.41, 5.74) is 2.13. The molecule has 0 saturated carbocycles. The average molecular weight is 318 g/mol. The van der Waals surface area contributed by atoms with Crippen LogP contribution in [0.1, 0.15) is 18.1 Å². The fourth-order valence-electron chi connectivity index (χ4n) is 2.01. The summed E-state index contributed by atoms with van der Waals surface area (Å²) in [6, 6.07) is 15.1. The zero-order valence-corrected chi connectivity index (χ0v) is 13.6. The quantitative estimate of drug-likeness (QED) is 0.880. The minimum absolute atomic E-state index is 0.0256. The Morgan fingerprint density at radius 3 is 2.41 bits per heavy atom. The summed E-state index contributed by atoms with van der Waals surface area (Å²) in [6.45, 7) is 4.40. The van der Waals surface area contributed by atoms with Gasteiger partial charge in [-0.25, -0.2) is 0 Å². The molecule has 1 N–H and O–H groups in total. The van der Waals surface area contributed by atoms with Crippen molar-refractivity contribution in [2.24, 2.45) is 0 Å². The van der Waals surface area contributed by atoms with Crippen LogP contribution in [0.4, 0.5) is 0 Å². The molecular formula is C18H20ClNO2. The van der Waals surface area contributed by atoms with Gasteiger partial charge < -0.3 is 10.1 Å². The van der Waals surface area contributed by atoms with Crippen molar-refractivity contribution in [2.45, 2.75) is 26.3 Å². The molecular weight excluding hydrogens is 298 g/mol. The molecule has 0 aliphatic heterocycles. The van der Waals surface area contributed by atoms with E-state index in [4.69, 9.17) is 16.3 Å². The summed E-state index contributed by atoms with van der Waals surface area (Å²) in [4.78, 5) is 12.0. The summed E-state index contributed by atoms with van der Waals surface area (Å²) in [5.74, 6) is 0.784. The standard InChI is InChI=1S/C18H20ClNO2/c1-13-3-9-17(10-4-13)22-12-14(2)20-18(21)11-15-5-7-16(19)8-6-15/h3-10,14H,11-12H2,1-2H3,(H,20,21)/t14-/m0/s1. The number of amides is 1. The van der Waals surface area contributed by atoms with Gasteiger partial charge in [0.15, 0.2) is 0 Å². The maximum atomic E-state index is 12.0. The second kappa shape index (κ2) is 7.85. The fraction of sp³-hybridized carbons (Fsp3) is 0.278. The first kappa shape index (κ1) is 16.4. The van der Waals surface area contributed by atoms with Crippen LogP contribution >= 0.6 is 11.6 Å². The van der Waals surface area contributed by atoms with E-state index in [1.165, 1.54) is 5.56 Å². The van der Waals surface area contributed by atoms with Crippen molar-refractivity contribution in [2.75, 3.05) is 6.61 Å². The summed E-state index contributed by atoms with van der Waals surface area (Å²) in [7, 11) is 0. The molecule has 3 nitrogen and oxygen atoms in total. The number of carbonyl (C=O) groups excluding carboxylic acids is 1. The number of benzene rings is 2. The van der Waals surface area contributed by atoms with Gasteiger partial charge in [0.2, 0.25) is 5.91 Å². The Balaban J connectivity index is 1.76. The van der Waals surface area contributed by atoms with E-state index in [2.05, 4.69) is 5.32 Å². The van der Waals surface area contributed by atoms with E-state index >= 15 is 0 Å². The minimum atomic E-state index is -0.0545. The highest BCUT2D eigenvalue weighted by molar-refractivity contribution is 6.30. The second-order valence-electron chi connectivity index (χ2n) is 5.40. The number of rotatable bonds is 6. The van der Waals surface area contributed by atoms with Gasteiger partial charge >= 0.3 is 0 Å². The molecule has 0 saturated heterocycles. The van der Waals surface area contributed by atoms with E-state index in [1.807, 2.05) is 50.2 Å². The highest BCUT2D eigenvalue weighted by Crippen LogP contribution is 2.12. The van der Waals surface area contributed by atoms with Crippen molar-refractivity contribution in [3.8, 4) is 5.75 Å². The number of nitrogens with one attached hydrogen (secondary N) is 1. The van der Waals surface area contributed by atoms with E-state index < -0.39 is 0 Å². The first-order chi connectivity index (χ1) is 10.5. The van der Waals surface area contributed by atoms with Crippen LogP contribution in [0.2, 0.25) is 5.02 Å². The van der Waals surface area contributed by atoms with Crippen LogP contribution in [0.25, 0.3) is 0 Å². The Morgan fingerprint density at radius 1 is 1.14 bits per heavy atom. The Bertz CT molecular complexity index is 608. The Labute approximate surface area is 136 Å². The van der Waals surface area contributed by atoms with E-state index in [9.17, 15) is 4.79 Å². The average Bonchev–Trinajstić information content (AvgIpc) is 2.49. The zero-order valence-electron chi connectivity index (χ0n) is 12.8. The van der Waals surface area contributed by atoms with Crippen molar-refractivity contribution < 1.29 is 9.53 Å². The molecule has 0 unspecified atom stereocenters. The number of hydrogen-bond acceptors (Lipinski definition) is 2. The molecule has 1 amide bonds. The van der Waals surface area contributed by atoms with Crippen molar-refractivity contribution >= 4 is 17.5 Å². The predicted octanol–water partition coefficient (Wildman–Crippen LogP) is 3.77. The fourth-order valence-corrected chi connectivity index (χ4v) is 2.14. The number of halogens is 1. The van der Waals surface area contributed by atoms with E-state index in [-0.39, 0.29) is 11.9 Å². The topological polar surface area (TPSA) is 38.3 Å². The van der Waals surface area contributed by atoms with Crippen LogP contribution in [0, 0.1) is 6.92 Å². The van der Waals surface area contributed by atoms with Gasteiger partial charge in [-0.15, -0.1) is 0 Å². The van der Waals surface area contributed by atoms with Crippen LogP contribution in [-0.4, -0.2) is 18.6 Å². The number of aryl methyl sites for hydroxylation is 1. The summed E-state index contributed by atoms with van der Waals surface area (Å²) in [5, 5.41) is 3.60. The maximum absolute atomic E-state index is 12.0. The van der Waals surface area contributed by atoms with Crippen molar-refractivity contribution in [1.82, 2.24) is 5.32 Å². The molecule has 2 aromatic carbocycles. The Morgan fingerprint density at radius 2 is 1.77 bits per heavy atom. The van der Waals surface area contributed by atoms with Crippen molar-refractivity contribution in [3.05, 3.63) is 64.7 Å². The first-order valence-electron chi connectivity index (χ1n) is 7.26. The van der Waals surface area contributed by atoms with E-state index in [0.29, 0.717) is 18.1 Å². The lowest BCUT2D eigenvalue weighted by molar-refractivity contribution is -0.121. The van der Waals surface area contributed by atoms with Gasteiger partial charge in [-0.05, 0) is 43.7 Å². The Hall–Kier alpha value is -2.00. The van der Waals surface area contributed by atoms with Crippen molar-refractivity contribution in [3.63, 3.8) is 0 Å². The number of hydrogen-bond donors (Lipinski definition) is 1. The molecule has 0 fully saturated rings. The highest BCUT2D eigenvalue weighted by Gasteiger charge is 2.09. The van der Waals surface area contributed by atoms with Gasteiger partial charge in [-0.2, -0.15) is 0 Å². The lowest BCUT2D eigenvalue weighted by atomic mass is 10.1. The van der Waals surface area contributed by atoms with Gasteiger partial charge in [0.1, 0.15) is 12.4 Å². The number of carbonyl (C=O) groups is 1. The monoisotopic (exact) mass is 317 g/mol. The van der Waals surface area contributed by atoms with E-state index in [0.717, 1.165) is 11.3 Å². The maximum Gasteiger partial charge on any atom is 0.224 e. The van der Waals surface area contributed by atoms with Gasteiger partial charge in [0.05, 0.1) is 12.5 Å². The molecule has 0 heterocycles. The third-order valence-corrected chi connectivity index (χ3v) is 3.46. The van der Waals surface area contributed by atoms with Gasteiger partial charge in [-0.1, -0.05) is 41.4 Å². The molecule has 4 heteroatoms. The summed E-state index contributed by atoms with van der Waals surface area (Å²) in [6.07, 6.45) is 0.339. The molecule has 0 radical (unpaired) electrons. The van der Waals surface area contributed by atoms with Crippen molar-refractivity contribution in [1.29, 1.82) is 0 Å². The van der Waals surface area contributed by atoms with Crippen LogP contribution in [0.15, 0.2) is 48.5 Å². The molecule has 1 atom stereocenters. The Kier molecular flexibility index (Phi) is 5.84. The third-order valence-electron chi connectivity index (χ3n) is 3.21. The molecule has 2 rings (SSSR count). The molecule has 116 valence electrons. The van der Waals surface area contributed by atoms with Gasteiger partial charge in [0, 0.05) is 5.02 Å². The third kappa shape index (κ3) is 5.41. The first-order valence-corrected chi connectivity index (χ1v) is 7.64. The zero-order chi connectivity index (χ0) is 15.9. The SMILES string of the molecule is Cc1ccc(OC[C@H](C)NC(=O)Cc2ccc(Cl)cc2)cc1. The molecule has 0 bridgehead atoms. The normalized spacial score (nSPS) is 11.8.